The molecule has 0 radical (unpaired) electrons. The van der Waals surface area contributed by atoms with E-state index in [4.69, 9.17) is 4.99 Å². The highest BCUT2D eigenvalue weighted by Crippen LogP contribution is 2.36. The molecule has 0 aliphatic carbocycles. The molecule has 0 fully saturated rings. The van der Waals surface area contributed by atoms with Gasteiger partial charge in [-0.15, -0.1) is 11.3 Å². The zero-order valence-corrected chi connectivity index (χ0v) is 23.9. The second kappa shape index (κ2) is 11.3. The molecule has 0 aliphatic heterocycles. The third-order valence-corrected chi connectivity index (χ3v) is 8.60. The van der Waals surface area contributed by atoms with Crippen LogP contribution in [0.15, 0.2) is 138 Å². The standard InChI is InChI=1S/C38H31NS/c1-26-17-18-32(29-19-21-31(22-20-29)38-24-23-37(40-38)30-12-5-4-6-13-30)25-35(26)34-15-9-8-14-33(34)28(3)39-36-16-10-7-11-27(36)2/h4-25H,1-3H3/b39-28+. The quantitative estimate of drug-likeness (QED) is 0.189. The van der Waals surface area contributed by atoms with Gasteiger partial charge in [0, 0.05) is 21.0 Å². The van der Waals surface area contributed by atoms with Gasteiger partial charge in [0.25, 0.3) is 0 Å². The number of benzene rings is 5. The van der Waals surface area contributed by atoms with E-state index in [2.05, 4.69) is 148 Å². The Hall–Kier alpha value is -4.53. The maximum atomic E-state index is 5.00. The van der Waals surface area contributed by atoms with Crippen molar-refractivity contribution in [1.29, 1.82) is 0 Å². The van der Waals surface area contributed by atoms with E-state index in [0.717, 1.165) is 17.0 Å². The third-order valence-electron chi connectivity index (χ3n) is 7.42. The highest BCUT2D eigenvalue weighted by molar-refractivity contribution is 7.18. The molecule has 40 heavy (non-hydrogen) atoms. The largest absolute Gasteiger partial charge is 0.253 e. The van der Waals surface area contributed by atoms with Gasteiger partial charge < -0.3 is 0 Å². The Labute approximate surface area is 241 Å². The van der Waals surface area contributed by atoms with E-state index in [1.807, 2.05) is 17.4 Å². The highest BCUT2D eigenvalue weighted by atomic mass is 32.1. The second-order valence-electron chi connectivity index (χ2n) is 10.2. The Morgan fingerprint density at radius 3 is 1.85 bits per heavy atom. The SMILES string of the molecule is C/C(=N\c1ccccc1C)c1ccccc1-c1cc(-c2ccc(-c3ccc(-c4ccccc4)s3)cc2)ccc1C. The normalized spacial score (nSPS) is 11.5. The van der Waals surface area contributed by atoms with Gasteiger partial charge in [-0.2, -0.15) is 0 Å². The molecule has 194 valence electrons. The number of para-hydroxylation sites is 1. The molecule has 5 aromatic carbocycles. The van der Waals surface area contributed by atoms with Gasteiger partial charge >= 0.3 is 0 Å². The minimum atomic E-state index is 1.02. The van der Waals surface area contributed by atoms with Crippen LogP contribution in [0.25, 0.3) is 43.1 Å². The van der Waals surface area contributed by atoms with E-state index in [1.54, 1.807) is 0 Å². The van der Waals surface area contributed by atoms with Crippen molar-refractivity contribution >= 4 is 22.7 Å². The summed E-state index contributed by atoms with van der Waals surface area (Å²) in [5.41, 5.74) is 13.0. The molecule has 0 spiro atoms. The Morgan fingerprint density at radius 2 is 1.10 bits per heavy atom. The van der Waals surface area contributed by atoms with E-state index in [0.29, 0.717) is 0 Å². The van der Waals surface area contributed by atoms with Crippen LogP contribution in [0.2, 0.25) is 0 Å². The number of hydrogen-bond acceptors (Lipinski definition) is 2. The summed E-state index contributed by atoms with van der Waals surface area (Å²) in [4.78, 5) is 7.58. The van der Waals surface area contributed by atoms with Crippen molar-refractivity contribution < 1.29 is 0 Å². The van der Waals surface area contributed by atoms with E-state index < -0.39 is 0 Å². The van der Waals surface area contributed by atoms with Crippen molar-refractivity contribution in [2.24, 2.45) is 4.99 Å². The Morgan fingerprint density at radius 1 is 0.500 bits per heavy atom. The van der Waals surface area contributed by atoms with Gasteiger partial charge in [0.15, 0.2) is 0 Å². The Kier molecular flexibility index (Phi) is 7.27. The Bertz CT molecular complexity index is 1810. The zero-order chi connectivity index (χ0) is 27.5. The number of thiophene rings is 1. The fourth-order valence-corrected chi connectivity index (χ4v) is 6.15. The lowest BCUT2D eigenvalue weighted by Crippen LogP contribution is -1.99. The average Bonchev–Trinajstić information content (AvgIpc) is 3.50. The minimum absolute atomic E-state index is 1.02. The van der Waals surface area contributed by atoms with Crippen LogP contribution in [0.1, 0.15) is 23.6 Å². The van der Waals surface area contributed by atoms with E-state index in [9.17, 15) is 0 Å². The fourth-order valence-electron chi connectivity index (χ4n) is 5.13. The topological polar surface area (TPSA) is 12.4 Å². The molecule has 2 heteroatoms. The molecule has 1 nitrogen and oxygen atoms in total. The smallest absolute Gasteiger partial charge is 0.0662 e. The van der Waals surface area contributed by atoms with Crippen LogP contribution >= 0.6 is 11.3 Å². The summed E-state index contributed by atoms with van der Waals surface area (Å²) in [6.07, 6.45) is 0. The summed E-state index contributed by atoms with van der Waals surface area (Å²) in [6.45, 7) is 6.41. The third kappa shape index (κ3) is 5.32. The van der Waals surface area contributed by atoms with E-state index in [-0.39, 0.29) is 0 Å². The van der Waals surface area contributed by atoms with Crippen LogP contribution in [0.5, 0.6) is 0 Å². The summed E-state index contributed by atoms with van der Waals surface area (Å²) in [6, 6.07) is 47.7. The van der Waals surface area contributed by atoms with Crippen LogP contribution in [0, 0.1) is 13.8 Å². The van der Waals surface area contributed by atoms with Crippen LogP contribution in [-0.2, 0) is 0 Å². The zero-order valence-electron chi connectivity index (χ0n) is 23.1. The van der Waals surface area contributed by atoms with Crippen molar-refractivity contribution in [3.63, 3.8) is 0 Å². The molecular formula is C38H31NS. The van der Waals surface area contributed by atoms with Crippen LogP contribution in [0.3, 0.4) is 0 Å². The molecule has 0 amide bonds. The molecule has 1 aromatic heterocycles. The van der Waals surface area contributed by atoms with Crippen LogP contribution < -0.4 is 0 Å². The summed E-state index contributed by atoms with van der Waals surface area (Å²) in [5.74, 6) is 0. The lowest BCUT2D eigenvalue weighted by molar-refractivity contribution is 1.38. The molecule has 6 rings (SSSR count). The second-order valence-corrected chi connectivity index (χ2v) is 11.3. The first-order valence-electron chi connectivity index (χ1n) is 13.6. The first kappa shape index (κ1) is 25.7. The number of aliphatic imine (C=N–C) groups is 1. The maximum absolute atomic E-state index is 5.00. The molecule has 0 atom stereocenters. The highest BCUT2D eigenvalue weighted by Gasteiger charge is 2.12. The van der Waals surface area contributed by atoms with Gasteiger partial charge in [-0.25, -0.2) is 0 Å². The van der Waals surface area contributed by atoms with Gasteiger partial charge in [-0.1, -0.05) is 109 Å². The van der Waals surface area contributed by atoms with Crippen molar-refractivity contribution in [3.05, 3.63) is 150 Å². The lowest BCUT2D eigenvalue weighted by atomic mass is 9.91. The molecule has 6 aromatic rings. The minimum Gasteiger partial charge on any atom is -0.253 e. The van der Waals surface area contributed by atoms with Crippen molar-refractivity contribution in [1.82, 2.24) is 0 Å². The van der Waals surface area contributed by atoms with Crippen molar-refractivity contribution in [2.45, 2.75) is 20.8 Å². The number of aryl methyl sites for hydroxylation is 2. The monoisotopic (exact) mass is 533 g/mol. The van der Waals surface area contributed by atoms with Gasteiger partial charge in [0.1, 0.15) is 0 Å². The number of nitrogens with zero attached hydrogens (tertiary/aromatic N) is 1. The summed E-state index contributed by atoms with van der Waals surface area (Å²) < 4.78 is 0. The maximum Gasteiger partial charge on any atom is 0.0662 e. The predicted molar refractivity (Wildman–Crippen MR) is 174 cm³/mol. The Balaban J connectivity index is 1.32. The summed E-state index contributed by atoms with van der Waals surface area (Å²) in [7, 11) is 0. The fraction of sp³-hybridized carbons (Fsp3) is 0.0789. The van der Waals surface area contributed by atoms with Crippen LogP contribution in [-0.4, -0.2) is 5.71 Å². The van der Waals surface area contributed by atoms with E-state index in [1.165, 1.54) is 54.3 Å². The number of hydrogen-bond donors (Lipinski definition) is 0. The molecular weight excluding hydrogens is 502 g/mol. The van der Waals surface area contributed by atoms with Gasteiger partial charge in [-0.05, 0) is 89.5 Å². The van der Waals surface area contributed by atoms with Gasteiger partial charge in [-0.3, -0.25) is 4.99 Å². The summed E-state index contributed by atoms with van der Waals surface area (Å²) >= 11 is 1.84. The average molecular weight is 534 g/mol. The molecule has 1 heterocycles. The molecule has 0 N–H and O–H groups in total. The molecule has 0 saturated carbocycles. The predicted octanol–water partition coefficient (Wildman–Crippen LogP) is 11.2. The lowest BCUT2D eigenvalue weighted by Gasteiger charge is -2.14. The summed E-state index contributed by atoms with van der Waals surface area (Å²) in [5, 5.41) is 0. The first-order valence-corrected chi connectivity index (χ1v) is 14.5. The van der Waals surface area contributed by atoms with Crippen molar-refractivity contribution in [3.8, 4) is 43.1 Å². The van der Waals surface area contributed by atoms with Crippen LogP contribution in [0.4, 0.5) is 5.69 Å². The first-order chi connectivity index (χ1) is 19.6. The molecule has 0 aliphatic rings. The van der Waals surface area contributed by atoms with Gasteiger partial charge in [0.2, 0.25) is 0 Å². The number of rotatable bonds is 6. The molecule has 0 unspecified atom stereocenters. The van der Waals surface area contributed by atoms with Gasteiger partial charge in [0.05, 0.1) is 5.69 Å². The van der Waals surface area contributed by atoms with Crippen molar-refractivity contribution in [2.75, 3.05) is 0 Å². The molecule has 0 saturated heterocycles. The van der Waals surface area contributed by atoms with E-state index >= 15 is 0 Å². The molecule has 0 bridgehead atoms.